The molecule has 0 unspecified atom stereocenters. The molecule has 2 aliphatic rings. The first-order chi connectivity index (χ1) is 9.86. The highest BCUT2D eigenvalue weighted by Crippen LogP contribution is 2.44. The van der Waals surface area contributed by atoms with Crippen LogP contribution in [0.1, 0.15) is 35.7 Å². The van der Waals surface area contributed by atoms with E-state index in [0.717, 1.165) is 13.0 Å². The Kier molecular flexibility index (Phi) is 2.78. The number of nitrogens with zero attached hydrogens (tertiary/aromatic N) is 2. The molecule has 102 valence electrons. The number of hydrogen-bond donors (Lipinski definition) is 0. The minimum atomic E-state index is 0.602. The van der Waals surface area contributed by atoms with E-state index in [0.29, 0.717) is 12.1 Å². The molecule has 0 amide bonds. The zero-order valence-electron chi connectivity index (χ0n) is 11.7. The molecule has 2 atom stereocenters. The van der Waals surface area contributed by atoms with Gasteiger partial charge in [0.1, 0.15) is 0 Å². The predicted molar refractivity (Wildman–Crippen MR) is 82.3 cm³/mol. The van der Waals surface area contributed by atoms with Crippen molar-refractivity contribution in [2.75, 3.05) is 0 Å². The van der Waals surface area contributed by atoms with E-state index < -0.39 is 0 Å². The third kappa shape index (κ3) is 1.75. The van der Waals surface area contributed by atoms with Crippen molar-refractivity contribution < 1.29 is 0 Å². The largest absolute Gasteiger partial charge is 0.328 e. The fourth-order valence-corrected chi connectivity index (χ4v) is 3.94. The molecule has 20 heavy (non-hydrogen) atoms. The highest BCUT2D eigenvalue weighted by Gasteiger charge is 2.40. The van der Waals surface area contributed by atoms with Gasteiger partial charge in [-0.15, -0.1) is 0 Å². The zero-order valence-corrected chi connectivity index (χ0v) is 11.7. The van der Waals surface area contributed by atoms with Crippen LogP contribution in [0.25, 0.3) is 6.20 Å². The van der Waals surface area contributed by atoms with Crippen LogP contribution in [-0.2, 0) is 13.0 Å². The maximum atomic E-state index is 3.92. The van der Waals surface area contributed by atoms with Gasteiger partial charge in [0.05, 0.1) is 0 Å². The summed E-state index contributed by atoms with van der Waals surface area (Å²) in [5.74, 6) is 0. The third-order valence-electron chi connectivity index (χ3n) is 4.89. The Morgan fingerprint density at radius 1 is 1.15 bits per heavy atom. The number of benzene rings is 1. The maximum Gasteiger partial charge on any atom is 0.0373 e. The number of fused-ring (bicyclic) bond motifs is 4. The van der Waals surface area contributed by atoms with Crippen molar-refractivity contribution in [1.82, 2.24) is 9.47 Å². The van der Waals surface area contributed by atoms with Gasteiger partial charge in [0, 0.05) is 43.1 Å². The summed E-state index contributed by atoms with van der Waals surface area (Å²) in [5.41, 5.74) is 4.43. The second-order valence-electron chi connectivity index (χ2n) is 5.92. The minimum Gasteiger partial charge on any atom is -0.328 e. The smallest absolute Gasteiger partial charge is 0.0373 e. The summed E-state index contributed by atoms with van der Waals surface area (Å²) in [6, 6.07) is 14.4. The topological polar surface area (TPSA) is 8.17 Å². The number of hydrogen-bond acceptors (Lipinski definition) is 1. The summed E-state index contributed by atoms with van der Waals surface area (Å²) in [6.45, 7) is 5.00. The minimum absolute atomic E-state index is 0.602. The van der Waals surface area contributed by atoms with Gasteiger partial charge in [-0.3, -0.25) is 4.90 Å². The van der Waals surface area contributed by atoms with Crippen molar-refractivity contribution in [2.45, 2.75) is 37.9 Å². The van der Waals surface area contributed by atoms with Gasteiger partial charge in [-0.1, -0.05) is 36.9 Å². The molecular formula is C18H20N2. The Labute approximate surface area is 120 Å². The van der Waals surface area contributed by atoms with E-state index in [1.54, 1.807) is 0 Å². The molecule has 2 bridgehead atoms. The van der Waals surface area contributed by atoms with E-state index in [4.69, 9.17) is 0 Å². The first-order valence-electron chi connectivity index (χ1n) is 7.48. The molecule has 1 fully saturated rings. The maximum absolute atomic E-state index is 3.92. The number of rotatable bonds is 3. The van der Waals surface area contributed by atoms with Crippen LogP contribution in [0, 0.1) is 0 Å². The van der Waals surface area contributed by atoms with Crippen LogP contribution in [0.2, 0.25) is 0 Å². The fourth-order valence-electron chi connectivity index (χ4n) is 3.94. The zero-order chi connectivity index (χ0) is 13.5. The summed E-state index contributed by atoms with van der Waals surface area (Å²) in [7, 11) is 0. The van der Waals surface area contributed by atoms with Gasteiger partial charge in [-0.2, -0.15) is 0 Å². The molecule has 2 aromatic rings. The Morgan fingerprint density at radius 3 is 2.80 bits per heavy atom. The summed E-state index contributed by atoms with van der Waals surface area (Å²) in [6.07, 6.45) is 7.89. The molecule has 0 aliphatic carbocycles. The molecule has 0 N–H and O–H groups in total. The molecule has 0 saturated carbocycles. The van der Waals surface area contributed by atoms with Crippen LogP contribution in [-0.4, -0.2) is 15.5 Å². The van der Waals surface area contributed by atoms with E-state index in [1.807, 2.05) is 6.20 Å². The average Bonchev–Trinajstić information content (AvgIpc) is 3.01. The van der Waals surface area contributed by atoms with Gasteiger partial charge in [-0.05, 0) is 30.0 Å². The van der Waals surface area contributed by atoms with Crippen molar-refractivity contribution in [3.05, 3.63) is 66.0 Å². The normalized spacial score (nSPS) is 24.6. The van der Waals surface area contributed by atoms with Crippen LogP contribution in [0.3, 0.4) is 0 Å². The van der Waals surface area contributed by atoms with Crippen LogP contribution < -0.4 is 0 Å². The lowest BCUT2D eigenvalue weighted by atomic mass is 9.99. The second-order valence-corrected chi connectivity index (χ2v) is 5.92. The molecule has 2 heteroatoms. The Bertz CT molecular complexity index is 626. The summed E-state index contributed by atoms with van der Waals surface area (Å²) < 4.78 is 2.21. The van der Waals surface area contributed by atoms with Crippen LogP contribution in [0.5, 0.6) is 0 Å². The summed E-state index contributed by atoms with van der Waals surface area (Å²) in [4.78, 5) is 2.70. The van der Waals surface area contributed by atoms with Crippen molar-refractivity contribution in [3.63, 3.8) is 0 Å². The van der Waals surface area contributed by atoms with E-state index in [9.17, 15) is 0 Å². The van der Waals surface area contributed by atoms with Crippen LogP contribution in [0.4, 0.5) is 0 Å². The molecule has 1 saturated heterocycles. The Balaban J connectivity index is 1.66. The van der Waals surface area contributed by atoms with Crippen molar-refractivity contribution >= 4 is 6.20 Å². The highest BCUT2D eigenvalue weighted by molar-refractivity contribution is 5.38. The third-order valence-corrected chi connectivity index (χ3v) is 4.89. The first kappa shape index (κ1) is 12.0. The average molecular weight is 264 g/mol. The van der Waals surface area contributed by atoms with Crippen molar-refractivity contribution in [1.29, 1.82) is 0 Å². The highest BCUT2D eigenvalue weighted by atomic mass is 15.2. The van der Waals surface area contributed by atoms with Gasteiger partial charge in [0.25, 0.3) is 0 Å². The number of aromatic nitrogens is 1. The molecule has 0 radical (unpaired) electrons. The van der Waals surface area contributed by atoms with Gasteiger partial charge in [0.2, 0.25) is 0 Å². The van der Waals surface area contributed by atoms with Gasteiger partial charge in [0.15, 0.2) is 0 Å². The summed E-state index contributed by atoms with van der Waals surface area (Å²) >= 11 is 0. The first-order valence-corrected chi connectivity index (χ1v) is 7.48. The molecule has 4 rings (SSSR count). The fraction of sp³-hybridized carbons (Fsp3) is 0.333. The summed E-state index contributed by atoms with van der Waals surface area (Å²) in [5, 5.41) is 0. The standard InChI is InChI=1S/C18H20N2/c1-2-19-11-10-16-17-9-8-15(12-18(16)19)20(17)13-14-6-4-3-5-7-14/h2-7,10-11,15,17H,1,8-9,12-13H2/t15-,17+/m0/s1. The molecule has 1 aromatic carbocycles. The lowest BCUT2D eigenvalue weighted by molar-refractivity contribution is 0.167. The second kappa shape index (κ2) is 4.64. The lowest BCUT2D eigenvalue weighted by Gasteiger charge is -2.35. The van der Waals surface area contributed by atoms with Crippen LogP contribution in [0.15, 0.2) is 49.2 Å². The molecule has 2 nitrogen and oxygen atoms in total. The predicted octanol–water partition coefficient (Wildman–Crippen LogP) is 3.85. The van der Waals surface area contributed by atoms with E-state index in [2.05, 4.69) is 58.6 Å². The van der Waals surface area contributed by atoms with Gasteiger partial charge >= 0.3 is 0 Å². The van der Waals surface area contributed by atoms with Crippen molar-refractivity contribution in [2.24, 2.45) is 0 Å². The van der Waals surface area contributed by atoms with E-state index in [-0.39, 0.29) is 0 Å². The lowest BCUT2D eigenvalue weighted by Crippen LogP contribution is -2.37. The molecule has 2 aliphatic heterocycles. The molecule has 3 heterocycles. The Morgan fingerprint density at radius 2 is 2.00 bits per heavy atom. The molecule has 0 spiro atoms. The monoisotopic (exact) mass is 264 g/mol. The van der Waals surface area contributed by atoms with Gasteiger partial charge < -0.3 is 4.57 Å². The quantitative estimate of drug-likeness (QED) is 0.817. The molecule has 1 aromatic heterocycles. The Hall–Kier alpha value is -1.80. The SMILES string of the molecule is C=Cn1ccc2c1C[C@@H]1CC[C@H]2N1Cc1ccccc1. The molecular weight excluding hydrogens is 244 g/mol. The van der Waals surface area contributed by atoms with Crippen LogP contribution >= 0.6 is 0 Å². The van der Waals surface area contributed by atoms with Gasteiger partial charge in [-0.25, -0.2) is 0 Å². The van der Waals surface area contributed by atoms with Crippen molar-refractivity contribution in [3.8, 4) is 0 Å². The van der Waals surface area contributed by atoms with E-state index in [1.165, 1.54) is 29.7 Å². The van der Waals surface area contributed by atoms with E-state index >= 15 is 0 Å².